The molecular weight excluding hydrogens is 294 g/mol. The van der Waals surface area contributed by atoms with Crippen molar-refractivity contribution in [1.82, 2.24) is 4.90 Å². The lowest BCUT2D eigenvalue weighted by molar-refractivity contribution is -0.131. The number of amides is 1. The topological polar surface area (TPSA) is 20.3 Å². The van der Waals surface area contributed by atoms with E-state index < -0.39 is 5.38 Å². The van der Waals surface area contributed by atoms with Crippen LogP contribution in [0.1, 0.15) is 41.0 Å². The van der Waals surface area contributed by atoms with Crippen molar-refractivity contribution in [2.75, 3.05) is 6.54 Å². The van der Waals surface area contributed by atoms with Gasteiger partial charge in [-0.3, -0.25) is 4.79 Å². The highest BCUT2D eigenvalue weighted by atomic mass is 35.5. The van der Waals surface area contributed by atoms with Gasteiger partial charge in [-0.2, -0.15) is 0 Å². The summed E-state index contributed by atoms with van der Waals surface area (Å²) in [6.45, 7) is 2.81. The first-order chi connectivity index (χ1) is 10.7. The minimum absolute atomic E-state index is 0.0110. The third kappa shape index (κ3) is 3.02. The lowest BCUT2D eigenvalue weighted by Gasteiger charge is -2.27. The quantitative estimate of drug-likeness (QED) is 0.756. The number of likely N-dealkylation sites (tertiary alicyclic amines) is 1. The summed E-state index contributed by atoms with van der Waals surface area (Å²) < 4.78 is 0. The Bertz CT molecular complexity index is 638. The first kappa shape index (κ1) is 15.1. The molecule has 1 heterocycles. The predicted octanol–water partition coefficient (Wildman–Crippen LogP) is 4.64. The third-order valence-corrected chi connectivity index (χ3v) is 4.75. The standard InChI is InChI=1S/C19H20ClNO/c1-14-9-11-16(12-10-14)18(20)19(22)21-13-5-8-17(21)15-6-3-2-4-7-15/h2-4,6-7,9-12,17-18H,5,8,13H2,1H3. The van der Waals surface area contributed by atoms with Gasteiger partial charge in [0, 0.05) is 6.54 Å². The van der Waals surface area contributed by atoms with Gasteiger partial charge < -0.3 is 4.90 Å². The number of rotatable bonds is 3. The van der Waals surface area contributed by atoms with Gasteiger partial charge in [-0.15, -0.1) is 11.6 Å². The van der Waals surface area contributed by atoms with Crippen LogP contribution in [-0.2, 0) is 4.79 Å². The lowest BCUT2D eigenvalue weighted by atomic mass is 10.0. The van der Waals surface area contributed by atoms with Crippen LogP contribution in [0.15, 0.2) is 54.6 Å². The molecule has 2 unspecified atom stereocenters. The van der Waals surface area contributed by atoms with Crippen LogP contribution in [0.4, 0.5) is 0 Å². The van der Waals surface area contributed by atoms with E-state index in [1.165, 1.54) is 11.1 Å². The molecule has 0 aliphatic carbocycles. The highest BCUT2D eigenvalue weighted by Gasteiger charge is 2.33. The van der Waals surface area contributed by atoms with E-state index in [1.807, 2.05) is 54.3 Å². The molecule has 1 fully saturated rings. The van der Waals surface area contributed by atoms with Crippen LogP contribution in [0.3, 0.4) is 0 Å². The molecule has 3 rings (SSSR count). The number of carbonyl (C=O) groups excluding carboxylic acids is 1. The molecule has 3 heteroatoms. The molecule has 1 aliphatic heterocycles. The number of nitrogens with zero attached hydrogens (tertiary/aromatic N) is 1. The van der Waals surface area contributed by atoms with E-state index in [0.717, 1.165) is 24.9 Å². The van der Waals surface area contributed by atoms with Gasteiger partial charge in [0.2, 0.25) is 5.91 Å². The van der Waals surface area contributed by atoms with E-state index in [0.29, 0.717) is 0 Å². The van der Waals surface area contributed by atoms with Crippen molar-refractivity contribution in [3.8, 4) is 0 Å². The van der Waals surface area contributed by atoms with Crippen LogP contribution in [0.5, 0.6) is 0 Å². The van der Waals surface area contributed by atoms with Crippen LogP contribution < -0.4 is 0 Å². The number of hydrogen-bond donors (Lipinski definition) is 0. The minimum atomic E-state index is -0.607. The van der Waals surface area contributed by atoms with Gasteiger partial charge in [-0.25, -0.2) is 0 Å². The average Bonchev–Trinajstić information content (AvgIpc) is 3.04. The van der Waals surface area contributed by atoms with Crippen molar-refractivity contribution in [2.24, 2.45) is 0 Å². The van der Waals surface area contributed by atoms with Crippen LogP contribution >= 0.6 is 11.6 Å². The number of benzene rings is 2. The molecule has 114 valence electrons. The number of aryl methyl sites for hydroxylation is 1. The molecule has 0 radical (unpaired) electrons. The van der Waals surface area contributed by atoms with Crippen LogP contribution in [0.25, 0.3) is 0 Å². The number of halogens is 1. The van der Waals surface area contributed by atoms with E-state index in [-0.39, 0.29) is 11.9 Å². The lowest BCUT2D eigenvalue weighted by Crippen LogP contribution is -2.33. The van der Waals surface area contributed by atoms with Gasteiger partial charge in [0.05, 0.1) is 6.04 Å². The smallest absolute Gasteiger partial charge is 0.245 e. The molecule has 0 aromatic heterocycles. The van der Waals surface area contributed by atoms with Crippen LogP contribution in [0.2, 0.25) is 0 Å². The predicted molar refractivity (Wildman–Crippen MR) is 89.9 cm³/mol. The normalized spacial score (nSPS) is 19.2. The van der Waals surface area contributed by atoms with Crippen molar-refractivity contribution in [3.05, 3.63) is 71.3 Å². The summed E-state index contributed by atoms with van der Waals surface area (Å²) in [6, 6.07) is 18.3. The summed E-state index contributed by atoms with van der Waals surface area (Å²) in [5, 5.41) is -0.607. The van der Waals surface area contributed by atoms with E-state index >= 15 is 0 Å². The molecule has 1 saturated heterocycles. The minimum Gasteiger partial charge on any atom is -0.334 e. The largest absolute Gasteiger partial charge is 0.334 e. The third-order valence-electron chi connectivity index (χ3n) is 4.31. The number of carbonyl (C=O) groups is 1. The SMILES string of the molecule is Cc1ccc(C(Cl)C(=O)N2CCCC2c2ccccc2)cc1. The molecule has 0 N–H and O–H groups in total. The van der Waals surface area contributed by atoms with Crippen molar-refractivity contribution >= 4 is 17.5 Å². The monoisotopic (exact) mass is 313 g/mol. The molecule has 2 aromatic rings. The highest BCUT2D eigenvalue weighted by molar-refractivity contribution is 6.30. The fourth-order valence-corrected chi connectivity index (χ4v) is 3.35. The summed E-state index contributed by atoms with van der Waals surface area (Å²) in [4.78, 5) is 14.7. The second-order valence-electron chi connectivity index (χ2n) is 5.87. The van der Waals surface area contributed by atoms with Crippen molar-refractivity contribution in [2.45, 2.75) is 31.2 Å². The van der Waals surface area contributed by atoms with E-state index in [4.69, 9.17) is 11.6 Å². The summed E-state index contributed by atoms with van der Waals surface area (Å²) in [5.74, 6) is 0.0110. The maximum Gasteiger partial charge on any atom is 0.245 e. The van der Waals surface area contributed by atoms with Crippen molar-refractivity contribution in [3.63, 3.8) is 0 Å². The van der Waals surface area contributed by atoms with Gasteiger partial charge in [0.25, 0.3) is 0 Å². The Morgan fingerprint density at radius 3 is 2.50 bits per heavy atom. The average molecular weight is 314 g/mol. The molecule has 1 aliphatic rings. The Morgan fingerprint density at radius 1 is 1.14 bits per heavy atom. The molecule has 1 amide bonds. The Balaban J connectivity index is 1.80. The van der Waals surface area contributed by atoms with E-state index in [9.17, 15) is 4.79 Å². The zero-order valence-corrected chi connectivity index (χ0v) is 13.5. The van der Waals surface area contributed by atoms with Crippen LogP contribution in [0, 0.1) is 6.92 Å². The summed E-state index contributed by atoms with van der Waals surface area (Å²) in [7, 11) is 0. The number of hydrogen-bond acceptors (Lipinski definition) is 1. The zero-order chi connectivity index (χ0) is 15.5. The van der Waals surface area contributed by atoms with Gasteiger partial charge in [0.1, 0.15) is 5.38 Å². The molecule has 2 aromatic carbocycles. The van der Waals surface area contributed by atoms with E-state index in [1.54, 1.807) is 0 Å². The zero-order valence-electron chi connectivity index (χ0n) is 12.7. The van der Waals surface area contributed by atoms with Gasteiger partial charge in [0.15, 0.2) is 0 Å². The highest BCUT2D eigenvalue weighted by Crippen LogP contribution is 2.35. The maximum absolute atomic E-state index is 12.8. The van der Waals surface area contributed by atoms with Crippen molar-refractivity contribution < 1.29 is 4.79 Å². The molecule has 22 heavy (non-hydrogen) atoms. The second kappa shape index (κ2) is 6.53. The fourth-order valence-electron chi connectivity index (χ4n) is 3.08. The van der Waals surface area contributed by atoms with Gasteiger partial charge in [-0.1, -0.05) is 60.2 Å². The summed E-state index contributed by atoms with van der Waals surface area (Å²) in [5.41, 5.74) is 3.24. The Kier molecular flexibility index (Phi) is 4.49. The van der Waals surface area contributed by atoms with Crippen LogP contribution in [-0.4, -0.2) is 17.4 Å². The maximum atomic E-state index is 12.8. The molecule has 0 bridgehead atoms. The van der Waals surface area contributed by atoms with Gasteiger partial charge >= 0.3 is 0 Å². The molecule has 0 saturated carbocycles. The number of alkyl halides is 1. The molecular formula is C19H20ClNO. The van der Waals surface area contributed by atoms with Crippen molar-refractivity contribution in [1.29, 1.82) is 0 Å². The molecule has 2 atom stereocenters. The summed E-state index contributed by atoms with van der Waals surface area (Å²) >= 11 is 6.45. The molecule has 0 spiro atoms. The van der Waals surface area contributed by atoms with Gasteiger partial charge in [-0.05, 0) is 30.9 Å². The Hall–Kier alpha value is -1.80. The molecule has 2 nitrogen and oxygen atoms in total. The van der Waals surface area contributed by atoms with E-state index in [2.05, 4.69) is 12.1 Å². The first-order valence-corrected chi connectivity index (χ1v) is 8.16. The summed E-state index contributed by atoms with van der Waals surface area (Å²) in [6.07, 6.45) is 2.04. The second-order valence-corrected chi connectivity index (χ2v) is 6.31. The fraction of sp³-hybridized carbons (Fsp3) is 0.316. The Labute approximate surface area is 136 Å². The first-order valence-electron chi connectivity index (χ1n) is 7.73. The Morgan fingerprint density at radius 2 is 1.82 bits per heavy atom.